The maximum Gasteiger partial charge on any atom is 0.290 e. The topological polar surface area (TPSA) is 58.6 Å². The fraction of sp³-hybridized carbons (Fsp3) is 0.286. The van der Waals surface area contributed by atoms with E-state index >= 15 is 0 Å². The van der Waals surface area contributed by atoms with Crippen LogP contribution in [0.5, 0.6) is 0 Å². The van der Waals surface area contributed by atoms with E-state index in [9.17, 15) is 9.59 Å². The standard InChI is InChI=1S/C14H14N2O3S/c17-13-12(20-14(18)15-13)9-10-3-1-2-4-11(10)16-5-7-19-8-6-16/h1-4,9H,5-8H2,(H,15,17,18)/b12-9-. The average molecular weight is 290 g/mol. The minimum Gasteiger partial charge on any atom is -0.378 e. The van der Waals surface area contributed by atoms with E-state index in [1.54, 1.807) is 6.08 Å². The molecular formula is C14H14N2O3S. The van der Waals surface area contributed by atoms with Gasteiger partial charge in [0.25, 0.3) is 11.1 Å². The van der Waals surface area contributed by atoms with Gasteiger partial charge in [0.15, 0.2) is 0 Å². The molecule has 1 N–H and O–H groups in total. The largest absolute Gasteiger partial charge is 0.378 e. The van der Waals surface area contributed by atoms with Crippen molar-refractivity contribution in [2.24, 2.45) is 0 Å². The molecule has 2 fully saturated rings. The van der Waals surface area contributed by atoms with E-state index in [0.29, 0.717) is 18.1 Å². The van der Waals surface area contributed by atoms with Crippen molar-refractivity contribution >= 4 is 34.7 Å². The predicted octanol–water partition coefficient (Wildman–Crippen LogP) is 1.85. The Balaban J connectivity index is 1.91. The average Bonchev–Trinajstić information content (AvgIpc) is 2.78. The Morgan fingerprint density at radius 1 is 1.20 bits per heavy atom. The summed E-state index contributed by atoms with van der Waals surface area (Å²) in [5.74, 6) is -0.322. The zero-order valence-corrected chi connectivity index (χ0v) is 11.6. The molecule has 2 saturated heterocycles. The molecule has 0 saturated carbocycles. The number of amides is 2. The maximum atomic E-state index is 11.6. The molecular weight excluding hydrogens is 276 g/mol. The first-order valence-electron chi connectivity index (χ1n) is 6.40. The van der Waals surface area contributed by atoms with Crippen molar-refractivity contribution < 1.29 is 14.3 Å². The first-order valence-corrected chi connectivity index (χ1v) is 7.22. The molecule has 5 nitrogen and oxygen atoms in total. The van der Waals surface area contributed by atoms with Crippen molar-refractivity contribution in [3.8, 4) is 0 Å². The number of rotatable bonds is 2. The van der Waals surface area contributed by atoms with E-state index in [1.165, 1.54) is 0 Å². The summed E-state index contributed by atoms with van der Waals surface area (Å²) in [6.45, 7) is 3.08. The smallest absolute Gasteiger partial charge is 0.290 e. The summed E-state index contributed by atoms with van der Waals surface area (Å²) in [7, 11) is 0. The lowest BCUT2D eigenvalue weighted by Gasteiger charge is -2.30. The molecule has 3 rings (SSSR count). The van der Waals surface area contributed by atoms with Crippen LogP contribution in [0.25, 0.3) is 6.08 Å². The number of benzene rings is 1. The Morgan fingerprint density at radius 3 is 2.65 bits per heavy atom. The summed E-state index contributed by atoms with van der Waals surface area (Å²) in [6, 6.07) is 7.88. The van der Waals surface area contributed by atoms with Gasteiger partial charge in [-0.2, -0.15) is 0 Å². The minimum absolute atomic E-state index is 0.315. The van der Waals surface area contributed by atoms with Gasteiger partial charge in [-0.3, -0.25) is 14.9 Å². The van der Waals surface area contributed by atoms with Crippen LogP contribution >= 0.6 is 11.8 Å². The Kier molecular flexibility index (Phi) is 3.75. The third-order valence-electron chi connectivity index (χ3n) is 3.22. The van der Waals surface area contributed by atoms with Gasteiger partial charge in [-0.05, 0) is 29.5 Å². The first kappa shape index (κ1) is 13.2. The number of nitrogens with one attached hydrogen (secondary N) is 1. The van der Waals surface area contributed by atoms with Gasteiger partial charge in [-0.15, -0.1) is 0 Å². The summed E-state index contributed by atoms with van der Waals surface area (Å²) in [6.07, 6.45) is 1.77. The van der Waals surface area contributed by atoms with Gasteiger partial charge < -0.3 is 9.64 Å². The van der Waals surface area contributed by atoms with Gasteiger partial charge >= 0.3 is 0 Å². The number of para-hydroxylation sites is 1. The highest BCUT2D eigenvalue weighted by atomic mass is 32.2. The first-order chi connectivity index (χ1) is 9.74. The Hall–Kier alpha value is -1.79. The second-order valence-electron chi connectivity index (χ2n) is 4.51. The third-order valence-corrected chi connectivity index (χ3v) is 4.03. The molecule has 2 aliphatic heterocycles. The Morgan fingerprint density at radius 2 is 1.95 bits per heavy atom. The molecule has 2 aliphatic rings. The summed E-state index contributed by atoms with van der Waals surface area (Å²) in [5, 5.41) is 1.95. The summed E-state index contributed by atoms with van der Waals surface area (Å²) >= 11 is 0.942. The highest BCUT2D eigenvalue weighted by Crippen LogP contribution is 2.29. The van der Waals surface area contributed by atoms with Crippen LogP contribution in [0.1, 0.15) is 5.56 Å². The van der Waals surface area contributed by atoms with Crippen molar-refractivity contribution in [1.29, 1.82) is 0 Å². The fourth-order valence-electron chi connectivity index (χ4n) is 2.26. The fourth-order valence-corrected chi connectivity index (χ4v) is 2.94. The van der Waals surface area contributed by atoms with Crippen LogP contribution in [0.15, 0.2) is 29.2 Å². The van der Waals surface area contributed by atoms with Gasteiger partial charge in [0, 0.05) is 18.8 Å². The molecule has 104 valence electrons. The third kappa shape index (κ3) is 2.71. The van der Waals surface area contributed by atoms with Crippen LogP contribution in [0.2, 0.25) is 0 Å². The number of ether oxygens (including phenoxy) is 1. The number of carbonyl (C=O) groups is 2. The van der Waals surface area contributed by atoms with E-state index in [4.69, 9.17) is 4.74 Å². The van der Waals surface area contributed by atoms with Crippen LogP contribution in [0, 0.1) is 0 Å². The van der Waals surface area contributed by atoms with Crippen molar-refractivity contribution in [2.75, 3.05) is 31.2 Å². The van der Waals surface area contributed by atoms with E-state index in [0.717, 1.165) is 36.1 Å². The van der Waals surface area contributed by atoms with Crippen LogP contribution in [-0.2, 0) is 9.53 Å². The summed E-state index contributed by atoms with van der Waals surface area (Å²) < 4.78 is 5.36. The molecule has 2 amide bonds. The number of carbonyl (C=O) groups excluding carboxylic acids is 2. The zero-order valence-electron chi connectivity index (χ0n) is 10.8. The van der Waals surface area contributed by atoms with Crippen LogP contribution in [0.3, 0.4) is 0 Å². The van der Waals surface area contributed by atoms with Crippen molar-refractivity contribution in [3.63, 3.8) is 0 Å². The molecule has 20 heavy (non-hydrogen) atoms. The summed E-state index contributed by atoms with van der Waals surface area (Å²) in [4.78, 5) is 25.5. The molecule has 0 spiro atoms. The normalized spacial score (nSPS) is 21.4. The highest BCUT2D eigenvalue weighted by Gasteiger charge is 2.25. The Labute approximate surface area is 121 Å². The SMILES string of the molecule is O=C1NC(=O)/C(=C/c2ccccc2N2CCOCC2)S1. The zero-order chi connectivity index (χ0) is 13.9. The number of thioether (sulfide) groups is 1. The molecule has 0 atom stereocenters. The second kappa shape index (κ2) is 5.68. The van der Waals surface area contributed by atoms with Gasteiger partial charge in [0.2, 0.25) is 0 Å². The lowest BCUT2D eigenvalue weighted by molar-refractivity contribution is -0.115. The van der Waals surface area contributed by atoms with Crippen molar-refractivity contribution in [2.45, 2.75) is 0 Å². The number of imide groups is 1. The van der Waals surface area contributed by atoms with E-state index in [1.807, 2.05) is 24.3 Å². The quantitative estimate of drug-likeness (QED) is 0.842. The van der Waals surface area contributed by atoms with Crippen LogP contribution in [0.4, 0.5) is 10.5 Å². The second-order valence-corrected chi connectivity index (χ2v) is 5.53. The van der Waals surface area contributed by atoms with Gasteiger partial charge in [0.05, 0.1) is 18.1 Å². The molecule has 0 unspecified atom stereocenters. The molecule has 0 radical (unpaired) electrons. The minimum atomic E-state index is -0.322. The monoisotopic (exact) mass is 290 g/mol. The van der Waals surface area contributed by atoms with E-state index in [-0.39, 0.29) is 11.1 Å². The van der Waals surface area contributed by atoms with Crippen molar-refractivity contribution in [1.82, 2.24) is 5.32 Å². The Bertz CT molecular complexity index is 580. The lowest BCUT2D eigenvalue weighted by Crippen LogP contribution is -2.36. The maximum absolute atomic E-state index is 11.6. The molecule has 1 aromatic rings. The van der Waals surface area contributed by atoms with Crippen molar-refractivity contribution in [3.05, 3.63) is 34.7 Å². The van der Waals surface area contributed by atoms with Crippen LogP contribution in [-0.4, -0.2) is 37.4 Å². The molecule has 0 aliphatic carbocycles. The van der Waals surface area contributed by atoms with Gasteiger partial charge in [-0.1, -0.05) is 18.2 Å². The molecule has 6 heteroatoms. The number of hydrogen-bond donors (Lipinski definition) is 1. The van der Waals surface area contributed by atoms with Crippen LogP contribution < -0.4 is 10.2 Å². The number of hydrogen-bond acceptors (Lipinski definition) is 5. The van der Waals surface area contributed by atoms with Gasteiger partial charge in [0.1, 0.15) is 0 Å². The predicted molar refractivity (Wildman–Crippen MR) is 78.6 cm³/mol. The molecule has 0 bridgehead atoms. The van der Waals surface area contributed by atoms with Gasteiger partial charge in [-0.25, -0.2) is 0 Å². The lowest BCUT2D eigenvalue weighted by atomic mass is 10.1. The summed E-state index contributed by atoms with van der Waals surface area (Å²) in [5.41, 5.74) is 2.01. The molecule has 0 aromatic heterocycles. The molecule has 2 heterocycles. The number of nitrogens with zero attached hydrogens (tertiary/aromatic N) is 1. The number of morpholine rings is 1. The van der Waals surface area contributed by atoms with E-state index in [2.05, 4.69) is 10.2 Å². The number of anilines is 1. The highest BCUT2D eigenvalue weighted by molar-refractivity contribution is 8.18. The van der Waals surface area contributed by atoms with E-state index < -0.39 is 0 Å². The molecule has 1 aromatic carbocycles.